The molecule has 0 aliphatic heterocycles. The van der Waals surface area contributed by atoms with Gasteiger partial charge in [-0.1, -0.05) is 26.8 Å². The van der Waals surface area contributed by atoms with Gasteiger partial charge in [-0.05, 0) is 12.1 Å². The maximum Gasteiger partial charge on any atom is 0.171 e. The Kier molecular flexibility index (Phi) is 3.90. The number of carbonyl (C=O) groups is 1. The first kappa shape index (κ1) is 14.7. The summed E-state index contributed by atoms with van der Waals surface area (Å²) in [5, 5.41) is 2.68. The van der Waals surface area contributed by atoms with Crippen molar-refractivity contribution in [3.8, 4) is 0 Å². The molecule has 1 aromatic carbocycles. The average Bonchev–Trinajstić information content (AvgIpc) is 2.81. The molecule has 0 bridgehead atoms. The van der Waals surface area contributed by atoms with Crippen molar-refractivity contribution >= 4 is 22.8 Å². The molecule has 0 radical (unpaired) electrons. The van der Waals surface area contributed by atoms with E-state index >= 15 is 0 Å². The number of halogens is 1. The van der Waals surface area contributed by atoms with Crippen LogP contribution in [0.25, 0.3) is 0 Å². The highest BCUT2D eigenvalue weighted by molar-refractivity contribution is 7.09. The summed E-state index contributed by atoms with van der Waals surface area (Å²) in [6, 6.07) is 4.27. The fourth-order valence-electron chi connectivity index (χ4n) is 1.75. The molecule has 5 heteroatoms. The summed E-state index contributed by atoms with van der Waals surface area (Å²) >= 11 is 1.44. The zero-order chi connectivity index (χ0) is 14.9. The summed E-state index contributed by atoms with van der Waals surface area (Å²) in [5.41, 5.74) is 6.64. The Labute approximate surface area is 121 Å². The highest BCUT2D eigenvalue weighted by Gasteiger charge is 2.19. The molecule has 0 saturated heterocycles. The lowest BCUT2D eigenvalue weighted by atomic mass is 9.93. The smallest absolute Gasteiger partial charge is 0.171 e. The SMILES string of the molecule is CC(C)(C)c1csc(CC(=O)c2cccc(F)c2N)n1. The van der Waals surface area contributed by atoms with E-state index in [0.29, 0.717) is 0 Å². The number of carbonyl (C=O) groups excluding carboxylic acids is 1. The van der Waals surface area contributed by atoms with Gasteiger partial charge in [0.05, 0.1) is 17.8 Å². The number of nitrogens with zero attached hydrogens (tertiary/aromatic N) is 1. The predicted octanol–water partition coefficient (Wildman–Crippen LogP) is 3.59. The summed E-state index contributed by atoms with van der Waals surface area (Å²) in [5.74, 6) is -0.776. The molecule has 106 valence electrons. The Morgan fingerprint density at radius 2 is 2.10 bits per heavy atom. The first-order chi connectivity index (χ1) is 9.29. The van der Waals surface area contributed by atoms with Crippen LogP contribution in [0.2, 0.25) is 0 Å². The number of aromatic nitrogens is 1. The van der Waals surface area contributed by atoms with Crippen molar-refractivity contribution in [2.24, 2.45) is 0 Å². The summed E-state index contributed by atoms with van der Waals surface area (Å²) in [6.45, 7) is 6.20. The van der Waals surface area contributed by atoms with Gasteiger partial charge in [-0.25, -0.2) is 9.37 Å². The van der Waals surface area contributed by atoms with Gasteiger partial charge >= 0.3 is 0 Å². The van der Waals surface area contributed by atoms with Crippen LogP contribution in [0, 0.1) is 5.82 Å². The minimum absolute atomic E-state index is 0.0460. The van der Waals surface area contributed by atoms with Crippen molar-refractivity contribution in [2.75, 3.05) is 5.73 Å². The first-order valence-electron chi connectivity index (χ1n) is 6.31. The van der Waals surface area contributed by atoms with Crippen LogP contribution in [0.5, 0.6) is 0 Å². The number of anilines is 1. The van der Waals surface area contributed by atoms with Crippen LogP contribution in [-0.2, 0) is 11.8 Å². The Hall–Kier alpha value is -1.75. The van der Waals surface area contributed by atoms with Crippen molar-refractivity contribution in [1.82, 2.24) is 4.98 Å². The lowest BCUT2D eigenvalue weighted by Gasteiger charge is -2.14. The fourth-order valence-corrected chi connectivity index (χ4v) is 2.77. The minimum Gasteiger partial charge on any atom is -0.396 e. The molecule has 0 spiro atoms. The number of nitrogens with two attached hydrogens (primary N) is 1. The van der Waals surface area contributed by atoms with Crippen LogP contribution >= 0.6 is 11.3 Å². The highest BCUT2D eigenvalue weighted by Crippen LogP contribution is 2.25. The number of hydrogen-bond donors (Lipinski definition) is 1. The lowest BCUT2D eigenvalue weighted by Crippen LogP contribution is -2.12. The number of hydrogen-bond acceptors (Lipinski definition) is 4. The normalized spacial score (nSPS) is 11.6. The van der Waals surface area contributed by atoms with E-state index in [1.807, 2.05) is 5.38 Å². The monoisotopic (exact) mass is 292 g/mol. The molecule has 0 amide bonds. The third kappa shape index (κ3) is 3.04. The molecule has 0 atom stereocenters. The van der Waals surface area contributed by atoms with Crippen molar-refractivity contribution in [3.05, 3.63) is 45.7 Å². The van der Waals surface area contributed by atoms with Gasteiger partial charge in [0.2, 0.25) is 0 Å². The van der Waals surface area contributed by atoms with Crippen LogP contribution in [0.15, 0.2) is 23.6 Å². The second-order valence-electron chi connectivity index (χ2n) is 5.68. The van der Waals surface area contributed by atoms with Gasteiger partial charge in [0, 0.05) is 16.4 Å². The Bertz CT molecular complexity index is 644. The van der Waals surface area contributed by atoms with Gasteiger partial charge in [-0.15, -0.1) is 11.3 Å². The molecular formula is C15H17FN2OS. The van der Waals surface area contributed by atoms with Crippen LogP contribution in [0.3, 0.4) is 0 Å². The molecule has 0 fully saturated rings. The van der Waals surface area contributed by atoms with E-state index in [1.165, 1.54) is 23.5 Å². The average molecular weight is 292 g/mol. The Morgan fingerprint density at radius 3 is 2.70 bits per heavy atom. The maximum absolute atomic E-state index is 13.3. The second kappa shape index (κ2) is 5.32. The van der Waals surface area contributed by atoms with Crippen molar-refractivity contribution in [3.63, 3.8) is 0 Å². The van der Waals surface area contributed by atoms with Gasteiger partial charge in [-0.2, -0.15) is 0 Å². The Morgan fingerprint density at radius 1 is 1.40 bits per heavy atom. The third-order valence-corrected chi connectivity index (χ3v) is 3.83. The number of nitrogen functional groups attached to an aromatic ring is 1. The summed E-state index contributed by atoms with van der Waals surface area (Å²) in [4.78, 5) is 16.6. The van der Waals surface area contributed by atoms with E-state index in [1.54, 1.807) is 6.07 Å². The number of ketones is 1. The largest absolute Gasteiger partial charge is 0.396 e. The van der Waals surface area contributed by atoms with Crippen LogP contribution in [0.1, 0.15) is 41.8 Å². The molecule has 0 unspecified atom stereocenters. The zero-order valence-electron chi connectivity index (χ0n) is 11.7. The van der Waals surface area contributed by atoms with Gasteiger partial charge in [-0.3, -0.25) is 4.79 Å². The number of para-hydroxylation sites is 1. The molecule has 2 rings (SSSR count). The fraction of sp³-hybridized carbons (Fsp3) is 0.333. The molecule has 2 aromatic rings. The first-order valence-corrected chi connectivity index (χ1v) is 7.19. The molecule has 3 nitrogen and oxygen atoms in total. The van der Waals surface area contributed by atoms with Crippen LogP contribution in [0.4, 0.5) is 10.1 Å². The molecule has 0 aliphatic rings. The number of rotatable bonds is 3. The van der Waals surface area contributed by atoms with E-state index < -0.39 is 5.82 Å². The van der Waals surface area contributed by atoms with Crippen LogP contribution < -0.4 is 5.73 Å². The lowest BCUT2D eigenvalue weighted by molar-refractivity contribution is 0.0993. The predicted molar refractivity (Wildman–Crippen MR) is 79.7 cm³/mol. The highest BCUT2D eigenvalue weighted by atomic mass is 32.1. The van der Waals surface area contributed by atoms with Gasteiger partial charge in [0.15, 0.2) is 5.78 Å². The number of Topliss-reactive ketones (excluding diaryl/α,β-unsaturated/α-hetero) is 1. The molecule has 1 aromatic heterocycles. The van der Waals surface area contributed by atoms with Gasteiger partial charge in [0.25, 0.3) is 0 Å². The van der Waals surface area contributed by atoms with Crippen molar-refractivity contribution in [1.29, 1.82) is 0 Å². The summed E-state index contributed by atoms with van der Waals surface area (Å²) < 4.78 is 13.3. The van der Waals surface area contributed by atoms with E-state index in [4.69, 9.17) is 5.73 Å². The molecule has 2 N–H and O–H groups in total. The topological polar surface area (TPSA) is 56.0 Å². The Balaban J connectivity index is 2.20. The van der Waals surface area contributed by atoms with E-state index in [9.17, 15) is 9.18 Å². The maximum atomic E-state index is 13.3. The second-order valence-corrected chi connectivity index (χ2v) is 6.62. The van der Waals surface area contributed by atoms with E-state index in [0.717, 1.165) is 10.7 Å². The molecule has 20 heavy (non-hydrogen) atoms. The van der Waals surface area contributed by atoms with Gasteiger partial charge < -0.3 is 5.73 Å². The van der Waals surface area contributed by atoms with Crippen LogP contribution in [-0.4, -0.2) is 10.8 Å². The number of thiazole rings is 1. The van der Waals surface area contributed by atoms with Crippen molar-refractivity contribution in [2.45, 2.75) is 32.6 Å². The third-order valence-electron chi connectivity index (χ3n) is 2.99. The quantitative estimate of drug-likeness (QED) is 0.695. The molecular weight excluding hydrogens is 275 g/mol. The minimum atomic E-state index is -0.564. The summed E-state index contributed by atoms with van der Waals surface area (Å²) in [7, 11) is 0. The zero-order valence-corrected chi connectivity index (χ0v) is 12.6. The molecule has 0 aliphatic carbocycles. The molecule has 1 heterocycles. The van der Waals surface area contributed by atoms with E-state index in [-0.39, 0.29) is 28.9 Å². The standard InChI is InChI=1S/C15H17FN2OS/c1-15(2,3)12-8-20-13(18-12)7-11(19)9-5-4-6-10(16)14(9)17/h4-6,8H,7,17H2,1-3H3. The summed E-state index contributed by atoms with van der Waals surface area (Å²) in [6.07, 6.45) is 0.147. The van der Waals surface area contributed by atoms with Gasteiger partial charge in [0.1, 0.15) is 10.8 Å². The van der Waals surface area contributed by atoms with E-state index in [2.05, 4.69) is 25.8 Å². The molecule has 0 saturated carbocycles. The number of benzene rings is 1. The van der Waals surface area contributed by atoms with Crippen molar-refractivity contribution < 1.29 is 9.18 Å².